The van der Waals surface area contributed by atoms with E-state index in [1.54, 1.807) is 6.07 Å². The van der Waals surface area contributed by atoms with Crippen molar-refractivity contribution < 1.29 is 4.79 Å². The van der Waals surface area contributed by atoms with Gasteiger partial charge in [0.1, 0.15) is 5.82 Å². The first-order chi connectivity index (χ1) is 16.1. The lowest BCUT2D eigenvalue weighted by Gasteiger charge is -2.15. The number of aromatic amines is 1. The lowest BCUT2D eigenvalue weighted by molar-refractivity contribution is 0.262. The van der Waals surface area contributed by atoms with Gasteiger partial charge in [-0.15, -0.1) is 0 Å². The first-order valence-electron chi connectivity index (χ1n) is 11.0. The highest BCUT2D eigenvalue weighted by Crippen LogP contribution is 2.25. The number of aryl methyl sites for hydroxylation is 2. The van der Waals surface area contributed by atoms with Crippen molar-refractivity contribution in [2.75, 3.05) is 10.6 Å². The third-order valence-electron chi connectivity index (χ3n) is 5.68. The fourth-order valence-electron chi connectivity index (χ4n) is 4.07. The molecule has 166 valence electrons. The lowest BCUT2D eigenvalue weighted by Crippen LogP contribution is -2.25. The van der Waals surface area contributed by atoms with E-state index in [-0.39, 0.29) is 11.5 Å². The number of anilines is 2. The molecule has 0 radical (unpaired) electrons. The molecule has 2 amide bonds. The van der Waals surface area contributed by atoms with Crippen LogP contribution in [0.25, 0.3) is 17.2 Å². The molecule has 1 aliphatic rings. The molecule has 3 N–H and O–H groups in total. The molecular formula is C25H24N6O2. The second-order valence-corrected chi connectivity index (χ2v) is 8.16. The van der Waals surface area contributed by atoms with E-state index < -0.39 is 6.03 Å². The molecule has 8 heteroatoms. The summed E-state index contributed by atoms with van der Waals surface area (Å²) in [4.78, 5) is 33.0. The average molecular weight is 441 g/mol. The van der Waals surface area contributed by atoms with Gasteiger partial charge >= 0.3 is 6.03 Å². The standard InChI is InChI=1S/C25H24N6O2/c1-16-8-7-11-18(14-16)26-25(33)28-22-15-21(17-9-3-2-4-10-17)30-31(22)24-27-20-13-6-5-12-19(20)23(32)29-24/h2-4,7-11,14-15H,5-6,12-13H2,1H3,(H2,26,28,33)(H,27,29,32). The Bertz CT molecular complexity index is 1370. The Labute approximate surface area is 190 Å². The molecule has 5 rings (SSSR count). The van der Waals surface area contributed by atoms with Crippen LogP contribution in [-0.4, -0.2) is 25.8 Å². The van der Waals surface area contributed by atoms with Crippen molar-refractivity contribution in [3.8, 4) is 17.2 Å². The third kappa shape index (κ3) is 4.41. The molecule has 2 aromatic carbocycles. The van der Waals surface area contributed by atoms with Crippen molar-refractivity contribution in [1.29, 1.82) is 0 Å². The number of nitrogens with one attached hydrogen (secondary N) is 3. The predicted octanol–water partition coefficient (Wildman–Crippen LogP) is 4.45. The van der Waals surface area contributed by atoms with Gasteiger partial charge in [0, 0.05) is 22.9 Å². The van der Waals surface area contributed by atoms with Crippen molar-refractivity contribution >= 4 is 17.5 Å². The maximum absolute atomic E-state index is 12.8. The van der Waals surface area contributed by atoms with Crippen LogP contribution in [-0.2, 0) is 12.8 Å². The van der Waals surface area contributed by atoms with E-state index in [2.05, 4.69) is 25.7 Å². The Morgan fingerprint density at radius 3 is 2.64 bits per heavy atom. The molecule has 33 heavy (non-hydrogen) atoms. The lowest BCUT2D eigenvalue weighted by atomic mass is 9.97. The van der Waals surface area contributed by atoms with Gasteiger partial charge in [0.25, 0.3) is 5.56 Å². The number of benzene rings is 2. The number of carbonyl (C=O) groups excluding carboxylic acids is 1. The van der Waals surface area contributed by atoms with Gasteiger partial charge in [-0.1, -0.05) is 42.5 Å². The van der Waals surface area contributed by atoms with Crippen LogP contribution < -0.4 is 16.2 Å². The fourth-order valence-corrected chi connectivity index (χ4v) is 4.07. The van der Waals surface area contributed by atoms with E-state index in [0.29, 0.717) is 17.2 Å². The van der Waals surface area contributed by atoms with Crippen molar-refractivity contribution in [3.05, 3.63) is 87.8 Å². The maximum atomic E-state index is 12.8. The number of hydrogen-bond acceptors (Lipinski definition) is 4. The van der Waals surface area contributed by atoms with Crippen molar-refractivity contribution in [3.63, 3.8) is 0 Å². The Balaban J connectivity index is 1.53. The smallest absolute Gasteiger partial charge is 0.308 e. The Hall–Kier alpha value is -4.20. The monoisotopic (exact) mass is 440 g/mol. The first kappa shape index (κ1) is 20.7. The molecule has 2 heterocycles. The molecular weight excluding hydrogens is 416 g/mol. The summed E-state index contributed by atoms with van der Waals surface area (Å²) in [5, 5.41) is 10.3. The largest absolute Gasteiger partial charge is 0.324 e. The molecule has 0 saturated heterocycles. The molecule has 0 aliphatic heterocycles. The molecule has 0 unspecified atom stereocenters. The highest BCUT2D eigenvalue weighted by Gasteiger charge is 2.20. The summed E-state index contributed by atoms with van der Waals surface area (Å²) in [5.41, 5.74) is 4.66. The van der Waals surface area contributed by atoms with Crippen LogP contribution in [0, 0.1) is 6.92 Å². The van der Waals surface area contributed by atoms with E-state index in [1.807, 2.05) is 61.5 Å². The van der Waals surface area contributed by atoms with Gasteiger partial charge in [0.2, 0.25) is 5.95 Å². The summed E-state index contributed by atoms with van der Waals surface area (Å²) >= 11 is 0. The number of aromatic nitrogens is 4. The van der Waals surface area contributed by atoms with Crippen LogP contribution in [0.4, 0.5) is 16.3 Å². The molecule has 8 nitrogen and oxygen atoms in total. The van der Waals surface area contributed by atoms with Gasteiger partial charge in [-0.3, -0.25) is 15.1 Å². The third-order valence-corrected chi connectivity index (χ3v) is 5.68. The second-order valence-electron chi connectivity index (χ2n) is 8.16. The minimum absolute atomic E-state index is 0.151. The van der Waals surface area contributed by atoms with Gasteiger partial charge < -0.3 is 5.32 Å². The summed E-state index contributed by atoms with van der Waals surface area (Å²) in [6.07, 6.45) is 3.48. The average Bonchev–Trinajstić information content (AvgIpc) is 3.23. The summed E-state index contributed by atoms with van der Waals surface area (Å²) in [6.45, 7) is 1.96. The molecule has 0 fully saturated rings. The van der Waals surface area contributed by atoms with Crippen LogP contribution in [0.2, 0.25) is 0 Å². The molecule has 0 bridgehead atoms. The second kappa shape index (κ2) is 8.74. The minimum atomic E-state index is -0.415. The topological polar surface area (TPSA) is 105 Å². The number of nitrogens with zero attached hydrogens (tertiary/aromatic N) is 3. The van der Waals surface area contributed by atoms with Crippen molar-refractivity contribution in [1.82, 2.24) is 19.7 Å². The maximum Gasteiger partial charge on any atom is 0.324 e. The minimum Gasteiger partial charge on any atom is -0.308 e. The SMILES string of the molecule is Cc1cccc(NC(=O)Nc2cc(-c3ccccc3)nn2-c2nc3c(c(=O)[nH]2)CCCC3)c1. The summed E-state index contributed by atoms with van der Waals surface area (Å²) < 4.78 is 1.48. The van der Waals surface area contributed by atoms with Crippen molar-refractivity contribution in [2.24, 2.45) is 0 Å². The van der Waals surface area contributed by atoms with Gasteiger partial charge in [0.05, 0.1) is 11.4 Å². The normalized spacial score (nSPS) is 12.8. The summed E-state index contributed by atoms with van der Waals surface area (Å²) in [6, 6.07) is 18.5. The van der Waals surface area contributed by atoms with E-state index in [4.69, 9.17) is 0 Å². The van der Waals surface area contributed by atoms with Gasteiger partial charge in [-0.2, -0.15) is 9.78 Å². The van der Waals surface area contributed by atoms with E-state index in [0.717, 1.165) is 48.1 Å². The molecule has 2 aromatic heterocycles. The molecule has 0 saturated carbocycles. The van der Waals surface area contributed by atoms with E-state index >= 15 is 0 Å². The fraction of sp³-hybridized carbons (Fsp3) is 0.200. The van der Waals surface area contributed by atoms with Gasteiger partial charge in [-0.25, -0.2) is 9.78 Å². The van der Waals surface area contributed by atoms with Crippen LogP contribution in [0.15, 0.2) is 65.5 Å². The number of amides is 2. The number of carbonyl (C=O) groups is 1. The Morgan fingerprint density at radius 1 is 1.00 bits per heavy atom. The van der Waals surface area contributed by atoms with Crippen LogP contribution >= 0.6 is 0 Å². The number of rotatable bonds is 4. The zero-order valence-electron chi connectivity index (χ0n) is 18.3. The molecule has 0 atom stereocenters. The zero-order valence-corrected chi connectivity index (χ0v) is 18.3. The molecule has 4 aromatic rings. The van der Waals surface area contributed by atoms with Crippen LogP contribution in [0.5, 0.6) is 0 Å². The van der Waals surface area contributed by atoms with E-state index in [9.17, 15) is 9.59 Å². The zero-order chi connectivity index (χ0) is 22.8. The molecule has 0 spiro atoms. The number of H-pyrrole nitrogens is 1. The molecule has 1 aliphatic carbocycles. The van der Waals surface area contributed by atoms with Crippen LogP contribution in [0.3, 0.4) is 0 Å². The number of urea groups is 1. The number of fused-ring (bicyclic) bond motifs is 1. The highest BCUT2D eigenvalue weighted by atomic mass is 16.2. The quantitative estimate of drug-likeness (QED) is 0.436. The van der Waals surface area contributed by atoms with Gasteiger partial charge in [0.15, 0.2) is 0 Å². The Kier molecular flexibility index (Phi) is 5.48. The van der Waals surface area contributed by atoms with Gasteiger partial charge in [-0.05, 0) is 50.3 Å². The highest BCUT2D eigenvalue weighted by molar-refractivity contribution is 5.99. The predicted molar refractivity (Wildman–Crippen MR) is 128 cm³/mol. The first-order valence-corrected chi connectivity index (χ1v) is 11.0. The van der Waals surface area contributed by atoms with E-state index in [1.165, 1.54) is 4.68 Å². The van der Waals surface area contributed by atoms with Crippen LogP contribution in [0.1, 0.15) is 29.7 Å². The van der Waals surface area contributed by atoms with Crippen molar-refractivity contribution in [2.45, 2.75) is 32.6 Å². The number of hydrogen-bond donors (Lipinski definition) is 3. The Morgan fingerprint density at radius 2 is 1.82 bits per heavy atom. The summed E-state index contributed by atoms with van der Waals surface area (Å²) in [5.74, 6) is 0.687. The summed E-state index contributed by atoms with van der Waals surface area (Å²) in [7, 11) is 0.